The molecular weight excluding hydrogens is 347 g/mol. The van der Waals surface area contributed by atoms with Gasteiger partial charge in [-0.2, -0.15) is 10.4 Å². The number of para-hydroxylation sites is 1. The van der Waals surface area contributed by atoms with Gasteiger partial charge in [-0.05, 0) is 36.4 Å². The third kappa shape index (κ3) is 4.25. The molecule has 0 unspecified atom stereocenters. The summed E-state index contributed by atoms with van der Waals surface area (Å²) in [5.74, 6) is -0.854. The van der Waals surface area contributed by atoms with Crippen molar-refractivity contribution in [1.82, 2.24) is 9.78 Å². The molecular formula is C20H15FN4O2. The summed E-state index contributed by atoms with van der Waals surface area (Å²) in [4.78, 5) is 24.4. The van der Waals surface area contributed by atoms with Gasteiger partial charge in [0, 0.05) is 18.4 Å². The van der Waals surface area contributed by atoms with Crippen LogP contribution in [-0.4, -0.2) is 21.5 Å². The lowest BCUT2D eigenvalue weighted by Gasteiger charge is -2.09. The summed E-state index contributed by atoms with van der Waals surface area (Å²) in [6.07, 6.45) is 1.27. The van der Waals surface area contributed by atoms with Crippen molar-refractivity contribution in [2.45, 2.75) is 12.8 Å². The molecule has 0 aliphatic carbocycles. The number of amides is 1. The van der Waals surface area contributed by atoms with Gasteiger partial charge in [-0.15, -0.1) is 0 Å². The fourth-order valence-corrected chi connectivity index (χ4v) is 2.52. The molecule has 3 rings (SSSR count). The molecule has 2 aromatic carbocycles. The van der Waals surface area contributed by atoms with Crippen molar-refractivity contribution in [2.24, 2.45) is 0 Å². The quantitative estimate of drug-likeness (QED) is 0.680. The molecule has 27 heavy (non-hydrogen) atoms. The van der Waals surface area contributed by atoms with Gasteiger partial charge < -0.3 is 5.32 Å². The highest BCUT2D eigenvalue weighted by Crippen LogP contribution is 2.20. The number of carbonyl (C=O) groups excluding carboxylic acids is 2. The van der Waals surface area contributed by atoms with Crippen molar-refractivity contribution >= 4 is 17.5 Å². The van der Waals surface area contributed by atoms with Crippen molar-refractivity contribution < 1.29 is 14.0 Å². The summed E-state index contributed by atoms with van der Waals surface area (Å²) in [5, 5.41) is 16.0. The number of nitrogens with zero attached hydrogens (tertiary/aromatic N) is 3. The van der Waals surface area contributed by atoms with E-state index in [2.05, 4.69) is 10.4 Å². The van der Waals surface area contributed by atoms with Gasteiger partial charge in [0.1, 0.15) is 17.4 Å². The Bertz CT molecular complexity index is 1000. The Balaban J connectivity index is 1.69. The Kier molecular flexibility index (Phi) is 5.38. The Hall–Kier alpha value is -3.79. The summed E-state index contributed by atoms with van der Waals surface area (Å²) in [6.45, 7) is 0. The average Bonchev–Trinajstić information content (AvgIpc) is 3.10. The van der Waals surface area contributed by atoms with E-state index in [-0.39, 0.29) is 30.0 Å². The maximum Gasteiger partial charge on any atom is 0.226 e. The van der Waals surface area contributed by atoms with E-state index in [1.807, 2.05) is 24.3 Å². The number of aromatic nitrogens is 2. The average molecular weight is 362 g/mol. The van der Waals surface area contributed by atoms with Crippen LogP contribution in [-0.2, 0) is 4.79 Å². The molecule has 1 N–H and O–H groups in total. The molecule has 0 saturated heterocycles. The van der Waals surface area contributed by atoms with Crippen LogP contribution in [0.25, 0.3) is 5.69 Å². The third-order valence-electron chi connectivity index (χ3n) is 3.89. The fourth-order valence-electron chi connectivity index (χ4n) is 2.52. The van der Waals surface area contributed by atoms with Crippen molar-refractivity contribution in [1.29, 1.82) is 5.26 Å². The Morgan fingerprint density at radius 2 is 1.78 bits per heavy atom. The second-order valence-corrected chi connectivity index (χ2v) is 5.74. The van der Waals surface area contributed by atoms with E-state index in [1.165, 1.54) is 35.1 Å². The fraction of sp³-hybridized carbons (Fsp3) is 0.100. The number of Topliss-reactive ketones (excluding diaryl/α,β-unsaturated/α-hetero) is 1. The zero-order valence-corrected chi connectivity index (χ0v) is 14.2. The van der Waals surface area contributed by atoms with Crippen molar-refractivity contribution in [3.63, 3.8) is 0 Å². The molecule has 7 heteroatoms. The number of nitriles is 1. The van der Waals surface area contributed by atoms with Crippen molar-refractivity contribution in [2.75, 3.05) is 5.32 Å². The predicted octanol–water partition coefficient (Wildman–Crippen LogP) is 3.48. The minimum Gasteiger partial charge on any atom is -0.309 e. The zero-order chi connectivity index (χ0) is 19.2. The van der Waals surface area contributed by atoms with Gasteiger partial charge in [-0.3, -0.25) is 9.59 Å². The number of ketones is 1. The van der Waals surface area contributed by atoms with Crippen LogP contribution in [0, 0.1) is 17.1 Å². The molecule has 0 aliphatic heterocycles. The number of halogens is 1. The number of benzene rings is 2. The van der Waals surface area contributed by atoms with Crippen LogP contribution < -0.4 is 5.32 Å². The van der Waals surface area contributed by atoms with E-state index in [1.54, 1.807) is 12.1 Å². The molecule has 1 amide bonds. The first-order valence-corrected chi connectivity index (χ1v) is 8.20. The summed E-state index contributed by atoms with van der Waals surface area (Å²) < 4.78 is 14.4. The Labute approximate surface area is 154 Å². The van der Waals surface area contributed by atoms with Gasteiger partial charge in [-0.25, -0.2) is 9.07 Å². The molecule has 1 heterocycles. The second-order valence-electron chi connectivity index (χ2n) is 5.74. The van der Waals surface area contributed by atoms with E-state index < -0.39 is 11.7 Å². The van der Waals surface area contributed by atoms with Crippen LogP contribution in [0.3, 0.4) is 0 Å². The first-order valence-electron chi connectivity index (χ1n) is 8.20. The molecule has 0 saturated carbocycles. The van der Waals surface area contributed by atoms with Gasteiger partial charge in [0.15, 0.2) is 11.6 Å². The monoisotopic (exact) mass is 362 g/mol. The maximum absolute atomic E-state index is 12.9. The number of rotatable bonds is 6. The molecule has 0 spiro atoms. The minimum absolute atomic E-state index is 0.0289. The molecule has 6 nitrogen and oxygen atoms in total. The first-order chi connectivity index (χ1) is 13.1. The highest BCUT2D eigenvalue weighted by Gasteiger charge is 2.16. The first kappa shape index (κ1) is 18.0. The predicted molar refractivity (Wildman–Crippen MR) is 96.9 cm³/mol. The van der Waals surface area contributed by atoms with E-state index in [9.17, 15) is 19.2 Å². The topological polar surface area (TPSA) is 87.8 Å². The lowest BCUT2D eigenvalue weighted by atomic mass is 10.1. The molecule has 0 fully saturated rings. The van der Waals surface area contributed by atoms with E-state index in [4.69, 9.17) is 0 Å². The van der Waals surface area contributed by atoms with Gasteiger partial charge >= 0.3 is 0 Å². The number of hydrogen-bond acceptors (Lipinski definition) is 4. The van der Waals surface area contributed by atoms with Crippen LogP contribution in [0.5, 0.6) is 0 Å². The number of hydrogen-bond donors (Lipinski definition) is 1. The molecule has 134 valence electrons. The van der Waals surface area contributed by atoms with Crippen LogP contribution in [0.1, 0.15) is 28.8 Å². The largest absolute Gasteiger partial charge is 0.309 e. The second kappa shape index (κ2) is 8.06. The van der Waals surface area contributed by atoms with Crippen LogP contribution in [0.4, 0.5) is 10.2 Å². The molecule has 0 radical (unpaired) electrons. The van der Waals surface area contributed by atoms with Gasteiger partial charge in [0.2, 0.25) is 5.91 Å². The molecule has 0 aliphatic rings. The van der Waals surface area contributed by atoms with Crippen molar-refractivity contribution in [3.8, 4) is 11.8 Å². The molecule has 1 aromatic heterocycles. The van der Waals surface area contributed by atoms with Gasteiger partial charge in [0.05, 0.1) is 11.9 Å². The lowest BCUT2D eigenvalue weighted by Crippen LogP contribution is -2.17. The molecule has 3 aromatic rings. The molecule has 0 atom stereocenters. The smallest absolute Gasteiger partial charge is 0.226 e. The normalized spacial score (nSPS) is 10.2. The number of anilines is 1. The summed E-state index contributed by atoms with van der Waals surface area (Å²) in [5.41, 5.74) is 1.25. The third-order valence-corrected chi connectivity index (χ3v) is 3.89. The van der Waals surface area contributed by atoms with E-state index in [0.29, 0.717) is 11.3 Å². The zero-order valence-electron chi connectivity index (χ0n) is 14.2. The minimum atomic E-state index is -0.428. The summed E-state index contributed by atoms with van der Waals surface area (Å²) >= 11 is 0. The van der Waals surface area contributed by atoms with E-state index in [0.717, 1.165) is 0 Å². The Morgan fingerprint density at radius 1 is 1.07 bits per heavy atom. The van der Waals surface area contributed by atoms with E-state index >= 15 is 0 Å². The standard InChI is InChI=1S/C20H15FN4O2/c21-16-8-6-14(7-9-16)18(26)10-11-19(27)24-20-15(12-22)13-23-25(20)17-4-2-1-3-5-17/h1-9,13H,10-11H2,(H,24,27). The van der Waals surface area contributed by atoms with Crippen LogP contribution >= 0.6 is 0 Å². The van der Waals surface area contributed by atoms with Gasteiger partial charge in [-0.1, -0.05) is 18.2 Å². The summed E-state index contributed by atoms with van der Waals surface area (Å²) in [7, 11) is 0. The van der Waals surface area contributed by atoms with Gasteiger partial charge in [0.25, 0.3) is 0 Å². The van der Waals surface area contributed by atoms with Crippen LogP contribution in [0.15, 0.2) is 60.8 Å². The SMILES string of the molecule is N#Cc1cnn(-c2ccccc2)c1NC(=O)CCC(=O)c1ccc(F)cc1. The highest BCUT2D eigenvalue weighted by molar-refractivity contribution is 6.00. The molecule has 0 bridgehead atoms. The van der Waals surface area contributed by atoms with Crippen LogP contribution in [0.2, 0.25) is 0 Å². The number of carbonyl (C=O) groups is 2. The highest BCUT2D eigenvalue weighted by atomic mass is 19.1. The summed E-state index contributed by atoms with van der Waals surface area (Å²) in [6, 6.07) is 16.2. The maximum atomic E-state index is 12.9. The lowest BCUT2D eigenvalue weighted by molar-refractivity contribution is -0.116. The number of nitrogens with one attached hydrogen (secondary N) is 1. The van der Waals surface area contributed by atoms with Crippen molar-refractivity contribution in [3.05, 3.63) is 77.7 Å². The Morgan fingerprint density at radius 3 is 2.44 bits per heavy atom.